The van der Waals surface area contributed by atoms with E-state index in [1.165, 1.54) is 12.1 Å². The summed E-state index contributed by atoms with van der Waals surface area (Å²) in [5, 5.41) is 1.06. The third-order valence-electron chi connectivity index (χ3n) is 4.25. The van der Waals surface area contributed by atoms with Crippen LogP contribution in [-0.4, -0.2) is 12.1 Å². The van der Waals surface area contributed by atoms with E-state index in [1.54, 1.807) is 60.7 Å². The zero-order valence-electron chi connectivity index (χ0n) is 15.2. The van der Waals surface area contributed by atoms with E-state index in [4.69, 9.17) is 0 Å². The highest BCUT2D eigenvalue weighted by Gasteiger charge is 2.31. The van der Waals surface area contributed by atoms with Gasteiger partial charge in [-0.1, -0.05) is 66.7 Å². The second-order valence-electron chi connectivity index (χ2n) is 6.32. The van der Waals surface area contributed by atoms with Gasteiger partial charge in [0.05, 0.1) is 17.4 Å². The Hall–Kier alpha value is -3.05. The van der Waals surface area contributed by atoms with Gasteiger partial charge in [0.15, 0.2) is 7.14 Å². The Labute approximate surface area is 166 Å². The van der Waals surface area contributed by atoms with Crippen molar-refractivity contribution in [3.05, 3.63) is 90.5 Å². The molecule has 0 bridgehead atoms. The molecule has 0 aromatic heterocycles. The average Bonchev–Trinajstić information content (AvgIpc) is 2.73. The Kier molecular flexibility index (Phi) is 6.09. The molecule has 0 fully saturated rings. The summed E-state index contributed by atoms with van der Waals surface area (Å²) in [6, 6.07) is 21.8. The van der Waals surface area contributed by atoms with Crippen molar-refractivity contribution in [1.29, 1.82) is 0 Å². The van der Waals surface area contributed by atoms with Gasteiger partial charge in [0, 0.05) is 10.6 Å². The summed E-state index contributed by atoms with van der Waals surface area (Å²) in [6.07, 6.45) is -4.81. The number of carbonyl (C=O) groups excluding carboxylic acids is 1. The molecule has 8 heteroatoms. The maximum absolute atomic E-state index is 13.8. The molecule has 150 valence electrons. The Morgan fingerprint density at radius 1 is 0.828 bits per heavy atom. The van der Waals surface area contributed by atoms with Crippen LogP contribution < -0.4 is 21.5 Å². The van der Waals surface area contributed by atoms with E-state index in [0.29, 0.717) is 10.6 Å². The van der Waals surface area contributed by atoms with Crippen molar-refractivity contribution in [1.82, 2.24) is 5.43 Å². The van der Waals surface area contributed by atoms with E-state index in [-0.39, 0.29) is 11.8 Å². The maximum Gasteiger partial charge on any atom is 0.416 e. The molecule has 0 heterocycles. The summed E-state index contributed by atoms with van der Waals surface area (Å²) in [5.41, 5.74) is 4.04. The van der Waals surface area contributed by atoms with Crippen molar-refractivity contribution in [3.8, 4) is 0 Å². The summed E-state index contributed by atoms with van der Waals surface area (Å²) in [4.78, 5) is 12.5. The van der Waals surface area contributed by atoms with Gasteiger partial charge in [0.1, 0.15) is 0 Å². The first-order valence-electron chi connectivity index (χ1n) is 8.71. The number of benzene rings is 3. The number of halogens is 3. The van der Waals surface area contributed by atoms with E-state index >= 15 is 0 Å². The summed E-state index contributed by atoms with van der Waals surface area (Å²) < 4.78 is 52.2. The third kappa shape index (κ3) is 5.06. The average molecular weight is 418 g/mol. The van der Waals surface area contributed by atoms with Crippen LogP contribution in [-0.2, 0) is 15.5 Å². The smallest absolute Gasteiger partial charge is 0.313 e. The van der Waals surface area contributed by atoms with Crippen molar-refractivity contribution in [2.24, 2.45) is 0 Å². The number of rotatable bonds is 6. The summed E-state index contributed by atoms with van der Waals surface area (Å²) in [5.74, 6) is -0.599. The number of carbonyl (C=O) groups is 1. The fraction of sp³-hybridized carbons (Fsp3) is 0.0952. The lowest BCUT2D eigenvalue weighted by molar-refractivity contribution is -0.137. The lowest BCUT2D eigenvalue weighted by atomic mass is 10.2. The van der Waals surface area contributed by atoms with E-state index in [0.717, 1.165) is 12.1 Å². The topological polar surface area (TPSA) is 58.2 Å². The molecule has 0 radical (unpaired) electrons. The van der Waals surface area contributed by atoms with Crippen LogP contribution in [0, 0.1) is 0 Å². The number of hydrazine groups is 1. The minimum atomic E-state index is -4.49. The molecule has 0 atom stereocenters. The van der Waals surface area contributed by atoms with E-state index in [9.17, 15) is 22.5 Å². The van der Waals surface area contributed by atoms with Crippen LogP contribution in [0.1, 0.15) is 5.56 Å². The predicted molar refractivity (Wildman–Crippen MR) is 108 cm³/mol. The number of amides is 1. The molecule has 0 saturated heterocycles. The zero-order chi connectivity index (χ0) is 20.9. The summed E-state index contributed by atoms with van der Waals surface area (Å²) >= 11 is 0. The largest absolute Gasteiger partial charge is 0.416 e. The number of hydrogen-bond acceptors (Lipinski definition) is 3. The quantitative estimate of drug-likeness (QED) is 0.467. The number of hydrogen-bond donors (Lipinski definition) is 2. The van der Waals surface area contributed by atoms with Crippen LogP contribution in [0.15, 0.2) is 84.9 Å². The van der Waals surface area contributed by atoms with Crippen molar-refractivity contribution < 1.29 is 22.5 Å². The van der Waals surface area contributed by atoms with Crippen molar-refractivity contribution in [2.75, 3.05) is 11.6 Å². The van der Waals surface area contributed by atoms with Gasteiger partial charge in [-0.2, -0.15) is 13.2 Å². The first-order valence-corrected chi connectivity index (χ1v) is 10.6. The highest BCUT2D eigenvalue weighted by atomic mass is 31.2. The Morgan fingerprint density at radius 3 is 1.90 bits per heavy atom. The van der Waals surface area contributed by atoms with Crippen LogP contribution in [0.5, 0.6) is 0 Å². The molecule has 3 aromatic carbocycles. The van der Waals surface area contributed by atoms with Gasteiger partial charge >= 0.3 is 6.18 Å². The molecular weight excluding hydrogens is 400 g/mol. The fourth-order valence-corrected chi connectivity index (χ4v) is 5.28. The lowest BCUT2D eigenvalue weighted by Crippen LogP contribution is -2.34. The van der Waals surface area contributed by atoms with Crippen LogP contribution >= 0.6 is 7.14 Å². The van der Waals surface area contributed by atoms with Gasteiger partial charge in [-0.25, -0.2) is 0 Å². The molecule has 0 aliphatic rings. The van der Waals surface area contributed by atoms with Gasteiger partial charge in [-0.05, 0) is 18.2 Å². The minimum Gasteiger partial charge on any atom is -0.313 e. The van der Waals surface area contributed by atoms with Gasteiger partial charge in [0.25, 0.3) is 0 Å². The van der Waals surface area contributed by atoms with Gasteiger partial charge in [-0.3, -0.25) is 15.6 Å². The molecular formula is C21H18F3N2O2P. The Bertz CT molecular complexity index is 981. The third-order valence-corrected chi connectivity index (χ3v) is 7.25. The normalized spacial score (nSPS) is 11.7. The fourth-order valence-electron chi connectivity index (χ4n) is 2.83. The highest BCUT2D eigenvalue weighted by molar-refractivity contribution is 7.79. The van der Waals surface area contributed by atoms with Gasteiger partial charge in [0.2, 0.25) is 5.91 Å². The first-order chi connectivity index (χ1) is 13.8. The van der Waals surface area contributed by atoms with Crippen LogP contribution in [0.2, 0.25) is 0 Å². The molecule has 0 spiro atoms. The van der Waals surface area contributed by atoms with Crippen molar-refractivity contribution in [2.45, 2.75) is 6.18 Å². The SMILES string of the molecule is O=C(CP(=O)(c1ccccc1)c1ccccc1)NNc1cccc(C(F)(F)F)c1. The van der Waals surface area contributed by atoms with E-state index in [1.807, 2.05) is 0 Å². The van der Waals surface area contributed by atoms with Crippen molar-refractivity contribution >= 4 is 29.3 Å². The second kappa shape index (κ2) is 8.53. The zero-order valence-corrected chi connectivity index (χ0v) is 16.1. The molecule has 29 heavy (non-hydrogen) atoms. The Balaban J connectivity index is 1.78. The predicted octanol–water partition coefficient (Wildman–Crippen LogP) is 4.16. The minimum absolute atomic E-state index is 0.0717. The number of alkyl halides is 3. The molecule has 3 rings (SSSR count). The van der Waals surface area contributed by atoms with E-state index < -0.39 is 24.8 Å². The standard InChI is InChI=1S/C21H18F3N2O2P/c22-21(23,24)16-8-7-9-17(14-16)25-26-20(27)15-29(28,18-10-3-1-4-11-18)19-12-5-2-6-13-19/h1-14,25H,15H2,(H,26,27). The Morgan fingerprint density at radius 2 is 1.38 bits per heavy atom. The molecule has 0 saturated carbocycles. The van der Waals surface area contributed by atoms with Crippen molar-refractivity contribution in [3.63, 3.8) is 0 Å². The molecule has 0 aliphatic heterocycles. The van der Waals surface area contributed by atoms with Gasteiger partial charge in [-0.15, -0.1) is 0 Å². The number of nitrogens with one attached hydrogen (secondary N) is 2. The summed E-state index contributed by atoms with van der Waals surface area (Å²) in [6.45, 7) is 0. The molecule has 0 unspecified atom stereocenters. The lowest BCUT2D eigenvalue weighted by Gasteiger charge is -2.19. The van der Waals surface area contributed by atoms with Crippen LogP contribution in [0.3, 0.4) is 0 Å². The maximum atomic E-state index is 13.8. The van der Waals surface area contributed by atoms with E-state index in [2.05, 4.69) is 10.9 Å². The molecule has 2 N–H and O–H groups in total. The first kappa shape index (κ1) is 20.7. The van der Waals surface area contributed by atoms with Gasteiger partial charge < -0.3 is 4.57 Å². The number of anilines is 1. The second-order valence-corrected chi connectivity index (χ2v) is 9.15. The van der Waals surface area contributed by atoms with Crippen LogP contribution in [0.25, 0.3) is 0 Å². The monoisotopic (exact) mass is 418 g/mol. The highest BCUT2D eigenvalue weighted by Crippen LogP contribution is 2.42. The molecule has 0 aliphatic carbocycles. The molecule has 1 amide bonds. The molecule has 4 nitrogen and oxygen atoms in total. The van der Waals surface area contributed by atoms with Crippen LogP contribution in [0.4, 0.5) is 18.9 Å². The summed E-state index contributed by atoms with van der Waals surface area (Å²) in [7, 11) is -3.27. The molecule has 3 aromatic rings.